The zero-order valence-corrected chi connectivity index (χ0v) is 13.5. The van der Waals surface area contributed by atoms with E-state index in [1.807, 2.05) is 12.1 Å². The van der Waals surface area contributed by atoms with Crippen molar-refractivity contribution in [2.75, 3.05) is 20.1 Å². The Balaban J connectivity index is 2.00. The normalized spacial score (nSPS) is 19.5. The molecule has 1 fully saturated rings. The molecule has 0 aromatic heterocycles. The van der Waals surface area contributed by atoms with Crippen molar-refractivity contribution >= 4 is 15.9 Å². The fourth-order valence-electron chi connectivity index (χ4n) is 2.44. The third kappa shape index (κ3) is 3.83. The molecule has 5 nitrogen and oxygen atoms in total. The van der Waals surface area contributed by atoms with Crippen molar-refractivity contribution in [1.82, 2.24) is 9.62 Å². The first kappa shape index (κ1) is 16.0. The third-order valence-corrected chi connectivity index (χ3v) is 5.28. The maximum absolute atomic E-state index is 12.2. The van der Waals surface area contributed by atoms with Crippen LogP contribution in [0.4, 0.5) is 0 Å². The molecule has 116 valence electrons. The smallest absolute Gasteiger partial charge is 0.240 e. The highest BCUT2D eigenvalue weighted by Gasteiger charge is 2.28. The predicted molar refractivity (Wildman–Crippen MR) is 81.5 cm³/mol. The van der Waals surface area contributed by atoms with Gasteiger partial charge in [0.1, 0.15) is 0 Å². The summed E-state index contributed by atoms with van der Waals surface area (Å²) in [6.07, 6.45) is 0.408. The molecule has 1 heterocycles. The lowest BCUT2D eigenvalue weighted by Gasteiger charge is -2.12. The van der Waals surface area contributed by atoms with Crippen molar-refractivity contribution in [2.45, 2.75) is 31.1 Å². The molecule has 1 aromatic carbocycles. The number of carbonyl (C=O) groups is 1. The minimum atomic E-state index is -3.50. The summed E-state index contributed by atoms with van der Waals surface area (Å²) in [5.74, 6) is 0.488. The van der Waals surface area contributed by atoms with E-state index in [1.165, 1.54) is 0 Å². The second-order valence-corrected chi connectivity index (χ2v) is 7.69. The summed E-state index contributed by atoms with van der Waals surface area (Å²) >= 11 is 0. The molecular weight excluding hydrogens is 288 g/mol. The van der Waals surface area contributed by atoms with Gasteiger partial charge in [-0.25, -0.2) is 13.1 Å². The summed E-state index contributed by atoms with van der Waals surface area (Å²) < 4.78 is 27.0. The monoisotopic (exact) mass is 310 g/mol. The standard InChI is InChI=1S/C15H22N2O3S/c1-11(2)13-4-6-14(7-5-13)21(19,20)16-9-12-8-15(18)17(3)10-12/h4-7,11-12,16H,8-10H2,1-3H3. The van der Waals surface area contributed by atoms with Crippen molar-refractivity contribution in [3.8, 4) is 0 Å². The fraction of sp³-hybridized carbons (Fsp3) is 0.533. The van der Waals surface area contributed by atoms with Crippen LogP contribution in [-0.4, -0.2) is 39.4 Å². The molecule has 2 rings (SSSR count). The van der Waals surface area contributed by atoms with Gasteiger partial charge in [-0.05, 0) is 29.5 Å². The van der Waals surface area contributed by atoms with Crippen molar-refractivity contribution in [1.29, 1.82) is 0 Å². The van der Waals surface area contributed by atoms with E-state index >= 15 is 0 Å². The van der Waals surface area contributed by atoms with Gasteiger partial charge in [0.05, 0.1) is 4.90 Å². The Morgan fingerprint density at radius 3 is 2.38 bits per heavy atom. The largest absolute Gasteiger partial charge is 0.345 e. The summed E-state index contributed by atoms with van der Waals surface area (Å²) in [7, 11) is -1.77. The molecule has 1 atom stereocenters. The lowest BCUT2D eigenvalue weighted by molar-refractivity contribution is -0.126. The van der Waals surface area contributed by atoms with Crippen LogP contribution in [0.3, 0.4) is 0 Å². The topological polar surface area (TPSA) is 66.5 Å². The minimum Gasteiger partial charge on any atom is -0.345 e. The molecule has 0 saturated carbocycles. The van der Waals surface area contributed by atoms with Crippen LogP contribution in [0.2, 0.25) is 0 Å². The maximum Gasteiger partial charge on any atom is 0.240 e. The van der Waals surface area contributed by atoms with Crippen LogP contribution in [-0.2, 0) is 14.8 Å². The van der Waals surface area contributed by atoms with Gasteiger partial charge in [0.25, 0.3) is 0 Å². The van der Waals surface area contributed by atoms with Gasteiger partial charge in [0, 0.05) is 26.6 Å². The van der Waals surface area contributed by atoms with Gasteiger partial charge >= 0.3 is 0 Å². The van der Waals surface area contributed by atoms with Crippen LogP contribution in [0.25, 0.3) is 0 Å². The summed E-state index contributed by atoms with van der Waals surface area (Å²) in [5, 5.41) is 0. The van der Waals surface area contributed by atoms with E-state index in [1.54, 1.807) is 24.1 Å². The van der Waals surface area contributed by atoms with E-state index < -0.39 is 10.0 Å². The Kier molecular flexibility index (Phi) is 4.68. The Bertz CT molecular complexity index is 608. The Labute approximate surface area is 126 Å². The van der Waals surface area contributed by atoms with Crippen LogP contribution in [0.1, 0.15) is 31.7 Å². The fourth-order valence-corrected chi connectivity index (χ4v) is 3.55. The van der Waals surface area contributed by atoms with Gasteiger partial charge in [0.15, 0.2) is 0 Å². The van der Waals surface area contributed by atoms with Gasteiger partial charge in [0.2, 0.25) is 15.9 Å². The molecule has 0 bridgehead atoms. The lowest BCUT2D eigenvalue weighted by atomic mass is 10.0. The highest BCUT2D eigenvalue weighted by Crippen LogP contribution is 2.19. The van der Waals surface area contributed by atoms with Crippen LogP contribution in [0.5, 0.6) is 0 Å². The molecule has 1 saturated heterocycles. The molecule has 21 heavy (non-hydrogen) atoms. The number of hydrogen-bond acceptors (Lipinski definition) is 3. The Hall–Kier alpha value is -1.40. The van der Waals surface area contributed by atoms with Gasteiger partial charge in [-0.1, -0.05) is 26.0 Å². The summed E-state index contributed by atoms with van der Waals surface area (Å²) in [5.41, 5.74) is 1.11. The highest BCUT2D eigenvalue weighted by atomic mass is 32.2. The first-order valence-corrected chi connectivity index (χ1v) is 8.61. The summed E-state index contributed by atoms with van der Waals surface area (Å²) in [4.78, 5) is 13.3. The maximum atomic E-state index is 12.2. The Morgan fingerprint density at radius 2 is 1.90 bits per heavy atom. The number of nitrogens with zero attached hydrogens (tertiary/aromatic N) is 1. The number of benzene rings is 1. The van der Waals surface area contributed by atoms with Crippen LogP contribution in [0.15, 0.2) is 29.2 Å². The molecule has 1 N–H and O–H groups in total. The SMILES string of the molecule is CC(C)c1ccc(S(=O)(=O)NCC2CC(=O)N(C)C2)cc1. The predicted octanol–water partition coefficient (Wildman–Crippen LogP) is 1.57. The van der Waals surface area contributed by atoms with Gasteiger partial charge < -0.3 is 4.90 Å². The molecule has 1 unspecified atom stereocenters. The number of rotatable bonds is 5. The number of likely N-dealkylation sites (tertiary alicyclic amines) is 1. The van der Waals surface area contributed by atoms with Crippen LogP contribution in [0, 0.1) is 5.92 Å². The molecule has 1 amide bonds. The number of amides is 1. The average molecular weight is 310 g/mol. The highest BCUT2D eigenvalue weighted by molar-refractivity contribution is 7.89. The average Bonchev–Trinajstić information content (AvgIpc) is 2.76. The number of hydrogen-bond donors (Lipinski definition) is 1. The quantitative estimate of drug-likeness (QED) is 0.897. The second-order valence-electron chi connectivity index (χ2n) is 5.92. The molecular formula is C15H22N2O3S. The zero-order valence-electron chi connectivity index (χ0n) is 12.7. The molecule has 1 aliphatic rings. The lowest BCUT2D eigenvalue weighted by Crippen LogP contribution is -2.30. The van der Waals surface area contributed by atoms with Gasteiger partial charge in [-0.2, -0.15) is 0 Å². The molecule has 0 aliphatic carbocycles. The van der Waals surface area contributed by atoms with Gasteiger partial charge in [-0.15, -0.1) is 0 Å². The van der Waals surface area contributed by atoms with E-state index in [0.717, 1.165) is 5.56 Å². The van der Waals surface area contributed by atoms with E-state index in [4.69, 9.17) is 0 Å². The van der Waals surface area contributed by atoms with Gasteiger partial charge in [-0.3, -0.25) is 4.79 Å². The third-order valence-electron chi connectivity index (χ3n) is 3.84. The number of sulfonamides is 1. The molecule has 6 heteroatoms. The molecule has 0 spiro atoms. The second kappa shape index (κ2) is 6.15. The van der Waals surface area contributed by atoms with Crippen LogP contribution >= 0.6 is 0 Å². The molecule has 1 aromatic rings. The Morgan fingerprint density at radius 1 is 1.29 bits per heavy atom. The van der Waals surface area contributed by atoms with Crippen LogP contribution < -0.4 is 4.72 Å². The van der Waals surface area contributed by atoms with Crippen molar-refractivity contribution in [3.05, 3.63) is 29.8 Å². The summed E-state index contributed by atoms with van der Waals surface area (Å²) in [6.45, 7) is 5.03. The van der Waals surface area contributed by atoms with E-state index in [-0.39, 0.29) is 16.7 Å². The van der Waals surface area contributed by atoms with Crippen molar-refractivity contribution in [2.24, 2.45) is 5.92 Å². The van der Waals surface area contributed by atoms with E-state index in [2.05, 4.69) is 18.6 Å². The molecule has 0 radical (unpaired) electrons. The van der Waals surface area contributed by atoms with E-state index in [0.29, 0.717) is 25.4 Å². The van der Waals surface area contributed by atoms with E-state index in [9.17, 15) is 13.2 Å². The zero-order chi connectivity index (χ0) is 15.6. The van der Waals surface area contributed by atoms with Crippen molar-refractivity contribution < 1.29 is 13.2 Å². The number of carbonyl (C=O) groups excluding carboxylic acids is 1. The van der Waals surface area contributed by atoms with Crippen molar-refractivity contribution in [3.63, 3.8) is 0 Å². The number of nitrogens with one attached hydrogen (secondary N) is 1. The first-order chi connectivity index (χ1) is 9.79. The molecule has 1 aliphatic heterocycles. The first-order valence-electron chi connectivity index (χ1n) is 7.13. The summed E-state index contributed by atoms with van der Waals surface area (Å²) in [6, 6.07) is 6.94. The minimum absolute atomic E-state index is 0.0483.